The van der Waals surface area contributed by atoms with Gasteiger partial charge < -0.3 is 9.26 Å². The number of hydrogen-bond donors (Lipinski definition) is 0. The maximum absolute atomic E-state index is 12.4. The van der Waals surface area contributed by atoms with Crippen LogP contribution in [0.15, 0.2) is 34.9 Å². The van der Waals surface area contributed by atoms with Gasteiger partial charge in [0.15, 0.2) is 15.7 Å². The van der Waals surface area contributed by atoms with E-state index in [-0.39, 0.29) is 23.6 Å². The van der Waals surface area contributed by atoms with Crippen molar-refractivity contribution in [2.45, 2.75) is 31.8 Å². The number of hydrogen-bond acceptors (Lipinski definition) is 8. The lowest BCUT2D eigenvalue weighted by Crippen LogP contribution is -2.58. The lowest BCUT2D eigenvalue weighted by Gasteiger charge is -2.43. The fourth-order valence-corrected chi connectivity index (χ4v) is 6.07. The van der Waals surface area contributed by atoms with Gasteiger partial charge in [0.25, 0.3) is 0 Å². The Labute approximate surface area is 159 Å². The highest BCUT2D eigenvalue weighted by molar-refractivity contribution is 7.91. The van der Waals surface area contributed by atoms with Crippen molar-refractivity contribution in [3.05, 3.63) is 47.6 Å². The second-order valence-electron chi connectivity index (χ2n) is 7.18. The molecule has 3 heterocycles. The smallest absolute Gasteiger partial charge is 0.240 e. The summed E-state index contributed by atoms with van der Waals surface area (Å²) in [5.41, 5.74) is 1.20. The second-order valence-corrected chi connectivity index (χ2v) is 9.33. The van der Waals surface area contributed by atoms with E-state index in [0.29, 0.717) is 24.9 Å². The molecule has 4 rings (SSSR count). The normalized spacial score (nSPS) is 25.5. The Bertz CT molecular complexity index is 870. The van der Waals surface area contributed by atoms with Gasteiger partial charge in [0, 0.05) is 38.8 Å². The van der Waals surface area contributed by atoms with Crippen LogP contribution < -0.4 is 0 Å². The number of methoxy groups -OCH3 is 1. The molecule has 0 spiro atoms. The molecule has 27 heavy (non-hydrogen) atoms. The Hall–Kier alpha value is -1.81. The molecule has 1 aromatic heterocycles. The topological polar surface area (TPSA) is 88.8 Å². The van der Waals surface area contributed by atoms with Gasteiger partial charge in [-0.2, -0.15) is 4.98 Å². The third kappa shape index (κ3) is 4.21. The van der Waals surface area contributed by atoms with Crippen LogP contribution in [-0.2, 0) is 34.3 Å². The first-order valence-corrected chi connectivity index (χ1v) is 10.9. The first-order valence-electron chi connectivity index (χ1n) is 9.07. The van der Waals surface area contributed by atoms with Crippen LogP contribution in [0.4, 0.5) is 0 Å². The summed E-state index contributed by atoms with van der Waals surface area (Å²) in [4.78, 5) is 8.79. The van der Waals surface area contributed by atoms with Gasteiger partial charge >= 0.3 is 0 Å². The molecule has 9 heteroatoms. The summed E-state index contributed by atoms with van der Waals surface area (Å²) < 4.78 is 35.0. The van der Waals surface area contributed by atoms with E-state index in [1.807, 2.05) is 18.2 Å². The van der Waals surface area contributed by atoms with Gasteiger partial charge in [-0.1, -0.05) is 35.5 Å². The third-order valence-electron chi connectivity index (χ3n) is 5.26. The van der Waals surface area contributed by atoms with E-state index in [1.54, 1.807) is 7.11 Å². The molecule has 2 aliphatic heterocycles. The monoisotopic (exact) mass is 392 g/mol. The maximum Gasteiger partial charge on any atom is 0.240 e. The quantitative estimate of drug-likeness (QED) is 0.710. The zero-order valence-electron chi connectivity index (χ0n) is 15.3. The molecule has 1 aromatic carbocycles. The predicted molar refractivity (Wildman–Crippen MR) is 98.5 cm³/mol. The molecule has 0 aliphatic carbocycles. The van der Waals surface area contributed by atoms with Crippen LogP contribution in [0.2, 0.25) is 0 Å². The first kappa shape index (κ1) is 18.5. The molecule has 0 unspecified atom stereocenters. The Kier molecular flexibility index (Phi) is 5.27. The molecule has 0 radical (unpaired) electrons. The van der Waals surface area contributed by atoms with Crippen molar-refractivity contribution in [2.24, 2.45) is 0 Å². The molecule has 2 saturated heterocycles. The summed E-state index contributed by atoms with van der Waals surface area (Å²) in [6.45, 7) is 3.11. The Morgan fingerprint density at radius 1 is 1.11 bits per heavy atom. The fraction of sp³-hybridized carbons (Fsp3) is 0.556. The number of ether oxygens (including phenoxy) is 1. The van der Waals surface area contributed by atoms with Crippen LogP contribution in [0.5, 0.6) is 0 Å². The van der Waals surface area contributed by atoms with Gasteiger partial charge in [0.2, 0.25) is 5.89 Å². The van der Waals surface area contributed by atoms with E-state index in [4.69, 9.17) is 9.26 Å². The molecular formula is C18H24N4O4S. The average molecular weight is 392 g/mol. The minimum Gasteiger partial charge on any atom is -0.377 e. The summed E-state index contributed by atoms with van der Waals surface area (Å²) in [5, 5.41) is 3.89. The van der Waals surface area contributed by atoms with Crippen LogP contribution in [-0.4, -0.2) is 72.1 Å². The number of nitrogens with zero attached hydrogens (tertiary/aromatic N) is 4. The summed E-state index contributed by atoms with van der Waals surface area (Å²) in [6, 6.07) is 10.1. The molecule has 2 fully saturated rings. The maximum atomic E-state index is 12.4. The average Bonchev–Trinajstić information content (AvgIpc) is 3.21. The van der Waals surface area contributed by atoms with Crippen molar-refractivity contribution in [3.63, 3.8) is 0 Å². The standard InChI is InChI=1S/C18H24N4O4S/c1-25-11-17-19-18(26-20-17)10-22-8-7-21(9-14-5-3-2-4-6-14)15-12-27(23,24)13-16(15)22/h2-6,15-16H,7-13H2,1H3/t15-,16+/m1/s1. The highest BCUT2D eigenvalue weighted by atomic mass is 32.2. The number of aromatic nitrogens is 2. The van der Waals surface area contributed by atoms with Crippen molar-refractivity contribution in [3.8, 4) is 0 Å². The molecule has 2 aliphatic rings. The number of sulfone groups is 1. The minimum atomic E-state index is -3.05. The van der Waals surface area contributed by atoms with Crippen LogP contribution in [0.3, 0.4) is 0 Å². The molecule has 0 amide bonds. The molecule has 0 bridgehead atoms. The van der Waals surface area contributed by atoms with Gasteiger partial charge in [0.05, 0.1) is 18.1 Å². The third-order valence-corrected chi connectivity index (χ3v) is 6.96. The van der Waals surface area contributed by atoms with Crippen molar-refractivity contribution in [2.75, 3.05) is 31.7 Å². The van der Waals surface area contributed by atoms with E-state index < -0.39 is 9.84 Å². The van der Waals surface area contributed by atoms with E-state index in [0.717, 1.165) is 19.6 Å². The van der Waals surface area contributed by atoms with E-state index in [2.05, 4.69) is 32.1 Å². The number of rotatable bonds is 6. The zero-order valence-corrected chi connectivity index (χ0v) is 16.1. The van der Waals surface area contributed by atoms with E-state index in [1.165, 1.54) is 5.56 Å². The molecular weight excluding hydrogens is 368 g/mol. The summed E-state index contributed by atoms with van der Waals surface area (Å²) in [7, 11) is -1.47. The number of piperazine rings is 1. The van der Waals surface area contributed by atoms with Gasteiger partial charge in [-0.15, -0.1) is 0 Å². The van der Waals surface area contributed by atoms with Crippen molar-refractivity contribution in [1.29, 1.82) is 0 Å². The van der Waals surface area contributed by atoms with Gasteiger partial charge in [-0.05, 0) is 5.56 Å². The fourth-order valence-electron chi connectivity index (χ4n) is 4.02. The highest BCUT2D eigenvalue weighted by Gasteiger charge is 2.46. The summed E-state index contributed by atoms with van der Waals surface area (Å²) in [5.74, 6) is 1.40. The van der Waals surface area contributed by atoms with Crippen molar-refractivity contribution < 1.29 is 17.7 Å². The lowest BCUT2D eigenvalue weighted by molar-refractivity contribution is 0.0296. The van der Waals surface area contributed by atoms with Crippen molar-refractivity contribution >= 4 is 9.84 Å². The molecule has 146 valence electrons. The Morgan fingerprint density at radius 3 is 2.44 bits per heavy atom. The molecule has 2 atom stereocenters. The first-order chi connectivity index (χ1) is 13.0. The summed E-state index contributed by atoms with van der Waals surface area (Å²) in [6.07, 6.45) is 0. The van der Waals surface area contributed by atoms with E-state index >= 15 is 0 Å². The largest absolute Gasteiger partial charge is 0.377 e. The van der Waals surface area contributed by atoms with Gasteiger partial charge in [-0.25, -0.2) is 8.42 Å². The molecule has 2 aromatic rings. The van der Waals surface area contributed by atoms with Crippen LogP contribution in [0.25, 0.3) is 0 Å². The van der Waals surface area contributed by atoms with Crippen LogP contribution in [0.1, 0.15) is 17.3 Å². The zero-order chi connectivity index (χ0) is 18.9. The van der Waals surface area contributed by atoms with Crippen LogP contribution in [0, 0.1) is 0 Å². The van der Waals surface area contributed by atoms with Crippen LogP contribution >= 0.6 is 0 Å². The number of fused-ring (bicyclic) bond motifs is 1. The lowest BCUT2D eigenvalue weighted by atomic mass is 10.0. The predicted octanol–water partition coefficient (Wildman–Crippen LogP) is 0.699. The Morgan fingerprint density at radius 2 is 1.78 bits per heavy atom. The minimum absolute atomic E-state index is 0.00896. The molecule has 8 nitrogen and oxygen atoms in total. The van der Waals surface area contributed by atoms with E-state index in [9.17, 15) is 8.42 Å². The summed E-state index contributed by atoms with van der Waals surface area (Å²) >= 11 is 0. The molecule has 0 saturated carbocycles. The highest BCUT2D eigenvalue weighted by Crippen LogP contribution is 2.29. The second kappa shape index (κ2) is 7.67. The molecule has 0 N–H and O–H groups in total. The SMILES string of the molecule is COCc1noc(CN2CCN(Cc3ccccc3)[C@@H]3CS(=O)(=O)C[C@@H]32)n1. The van der Waals surface area contributed by atoms with Gasteiger partial charge in [0.1, 0.15) is 6.61 Å². The van der Waals surface area contributed by atoms with Crippen molar-refractivity contribution in [1.82, 2.24) is 19.9 Å². The Balaban J connectivity index is 1.49. The number of benzene rings is 1. The van der Waals surface area contributed by atoms with Gasteiger partial charge in [-0.3, -0.25) is 9.80 Å².